The molecule has 0 saturated carbocycles. The second-order valence-electron chi connectivity index (χ2n) is 5.05. The Morgan fingerprint density at radius 3 is 2.28 bits per heavy atom. The average Bonchev–Trinajstić information content (AvgIpc) is 2.27. The lowest BCUT2D eigenvalue weighted by molar-refractivity contribution is -0.143. The summed E-state index contributed by atoms with van der Waals surface area (Å²) in [6, 6.07) is 2.09. The number of aliphatic hydroxyl groups is 1. The summed E-state index contributed by atoms with van der Waals surface area (Å²) in [5.41, 5.74) is -2.40. The number of halogens is 3. The molecule has 1 atom stereocenters. The number of rotatable bonds is 4. The van der Waals surface area contributed by atoms with Crippen LogP contribution in [-0.4, -0.2) is 30.1 Å². The van der Waals surface area contributed by atoms with Gasteiger partial charge in [0, 0.05) is 19.6 Å². The van der Waals surface area contributed by atoms with Crippen LogP contribution in [0.2, 0.25) is 0 Å². The molecule has 1 saturated heterocycles. The molecule has 1 fully saturated rings. The molecule has 1 unspecified atom stereocenters. The first-order valence-corrected chi connectivity index (χ1v) is 6.01. The minimum Gasteiger partial charge on any atom is -0.389 e. The standard InChI is InChI=1S/C12H18F3NO2/c1-10(17,3-2-4-12(13,14)15)11(9-16)5-7-18-8-6-11/h17H,2-8H2,1H3. The van der Waals surface area contributed by atoms with Crippen LogP contribution < -0.4 is 0 Å². The molecule has 0 spiro atoms. The van der Waals surface area contributed by atoms with Gasteiger partial charge in [-0.25, -0.2) is 0 Å². The second kappa shape index (κ2) is 5.45. The highest BCUT2D eigenvalue weighted by molar-refractivity contribution is 5.10. The van der Waals surface area contributed by atoms with Crippen LogP contribution in [0.15, 0.2) is 0 Å². The Labute approximate surface area is 105 Å². The van der Waals surface area contributed by atoms with E-state index in [4.69, 9.17) is 4.74 Å². The number of hydrogen-bond acceptors (Lipinski definition) is 3. The summed E-state index contributed by atoms with van der Waals surface area (Å²) in [6.07, 6.45) is -4.61. The highest BCUT2D eigenvalue weighted by Gasteiger charge is 2.48. The van der Waals surface area contributed by atoms with Crippen LogP contribution in [0.5, 0.6) is 0 Å². The monoisotopic (exact) mass is 265 g/mol. The molecule has 3 nitrogen and oxygen atoms in total. The predicted molar refractivity (Wildman–Crippen MR) is 58.6 cm³/mol. The Hall–Kier alpha value is -0.800. The number of ether oxygens (including phenoxy) is 1. The van der Waals surface area contributed by atoms with Gasteiger partial charge in [0.15, 0.2) is 0 Å². The van der Waals surface area contributed by atoms with Gasteiger partial charge in [0.05, 0.1) is 17.1 Å². The molecule has 0 aliphatic carbocycles. The zero-order chi connectivity index (χ0) is 13.9. The average molecular weight is 265 g/mol. The third kappa shape index (κ3) is 3.59. The van der Waals surface area contributed by atoms with E-state index in [-0.39, 0.29) is 12.8 Å². The first kappa shape index (κ1) is 15.3. The van der Waals surface area contributed by atoms with Crippen molar-refractivity contribution in [2.24, 2.45) is 5.41 Å². The maximum atomic E-state index is 12.1. The molecule has 0 amide bonds. The zero-order valence-electron chi connectivity index (χ0n) is 10.4. The Balaban J connectivity index is 2.63. The Bertz CT molecular complexity index is 314. The van der Waals surface area contributed by atoms with E-state index in [2.05, 4.69) is 6.07 Å². The minimum atomic E-state index is -4.22. The number of alkyl halides is 3. The molecular formula is C12H18F3NO2. The number of nitriles is 1. The Kier molecular flexibility index (Phi) is 4.62. The van der Waals surface area contributed by atoms with Gasteiger partial charge in [0.25, 0.3) is 0 Å². The van der Waals surface area contributed by atoms with Crippen molar-refractivity contribution < 1.29 is 23.0 Å². The van der Waals surface area contributed by atoms with Crippen molar-refractivity contribution in [1.29, 1.82) is 5.26 Å². The van der Waals surface area contributed by atoms with Crippen molar-refractivity contribution in [3.8, 4) is 6.07 Å². The van der Waals surface area contributed by atoms with Crippen molar-refractivity contribution in [3.63, 3.8) is 0 Å². The predicted octanol–water partition coefficient (Wildman–Crippen LogP) is 2.79. The van der Waals surface area contributed by atoms with Crippen LogP contribution in [0, 0.1) is 16.7 Å². The van der Waals surface area contributed by atoms with Crippen molar-refractivity contribution in [3.05, 3.63) is 0 Å². The third-order valence-corrected chi connectivity index (χ3v) is 3.72. The third-order valence-electron chi connectivity index (χ3n) is 3.72. The smallest absolute Gasteiger partial charge is 0.389 e. The van der Waals surface area contributed by atoms with Gasteiger partial charge in [-0.1, -0.05) is 0 Å². The van der Waals surface area contributed by atoms with Crippen LogP contribution >= 0.6 is 0 Å². The lowest BCUT2D eigenvalue weighted by atomic mass is 9.66. The van der Waals surface area contributed by atoms with E-state index in [1.54, 1.807) is 0 Å². The van der Waals surface area contributed by atoms with Crippen molar-refractivity contribution in [2.45, 2.75) is 50.8 Å². The van der Waals surface area contributed by atoms with Gasteiger partial charge in [0.1, 0.15) is 0 Å². The van der Waals surface area contributed by atoms with Gasteiger partial charge >= 0.3 is 6.18 Å². The van der Waals surface area contributed by atoms with Gasteiger partial charge in [-0.2, -0.15) is 18.4 Å². The lowest BCUT2D eigenvalue weighted by Crippen LogP contribution is -2.48. The number of nitrogens with zero attached hydrogens (tertiary/aromatic N) is 1. The largest absolute Gasteiger partial charge is 0.389 e. The molecule has 1 aliphatic rings. The summed E-state index contributed by atoms with van der Waals surface area (Å²) in [4.78, 5) is 0. The molecule has 0 aromatic heterocycles. The molecule has 6 heteroatoms. The normalized spacial score (nSPS) is 23.1. The molecule has 0 aromatic carbocycles. The molecule has 18 heavy (non-hydrogen) atoms. The van der Waals surface area contributed by atoms with E-state index in [9.17, 15) is 23.5 Å². The van der Waals surface area contributed by atoms with E-state index in [0.29, 0.717) is 26.1 Å². The second-order valence-corrected chi connectivity index (χ2v) is 5.05. The van der Waals surface area contributed by atoms with Crippen molar-refractivity contribution >= 4 is 0 Å². The Morgan fingerprint density at radius 1 is 1.28 bits per heavy atom. The van der Waals surface area contributed by atoms with Crippen LogP contribution in [0.3, 0.4) is 0 Å². The van der Waals surface area contributed by atoms with Gasteiger partial charge in [-0.3, -0.25) is 0 Å². The maximum Gasteiger partial charge on any atom is 0.389 e. The van der Waals surface area contributed by atoms with Crippen LogP contribution in [-0.2, 0) is 4.74 Å². The fraction of sp³-hybridized carbons (Fsp3) is 0.917. The molecule has 1 heterocycles. The summed E-state index contributed by atoms with van der Waals surface area (Å²) in [5, 5.41) is 19.6. The van der Waals surface area contributed by atoms with E-state index in [1.807, 2.05) is 0 Å². The fourth-order valence-electron chi connectivity index (χ4n) is 2.36. The summed E-state index contributed by atoms with van der Waals surface area (Å²) < 4.78 is 41.4. The molecule has 0 aromatic rings. The van der Waals surface area contributed by atoms with Crippen molar-refractivity contribution in [2.75, 3.05) is 13.2 Å². The minimum absolute atomic E-state index is 0.0277. The SMILES string of the molecule is CC(O)(CCCC(F)(F)F)C1(C#N)CCOCC1. The number of hydrogen-bond donors (Lipinski definition) is 1. The highest BCUT2D eigenvalue weighted by atomic mass is 19.4. The van der Waals surface area contributed by atoms with Crippen LogP contribution in [0.4, 0.5) is 13.2 Å². The molecule has 1 aliphatic heterocycles. The van der Waals surface area contributed by atoms with Crippen LogP contribution in [0.1, 0.15) is 39.0 Å². The highest BCUT2D eigenvalue weighted by Crippen LogP contribution is 2.43. The topological polar surface area (TPSA) is 53.2 Å². The zero-order valence-corrected chi connectivity index (χ0v) is 10.4. The quantitative estimate of drug-likeness (QED) is 0.850. The molecular weight excluding hydrogens is 247 g/mol. The summed E-state index contributed by atoms with van der Waals surface area (Å²) in [5.74, 6) is 0. The molecule has 1 N–H and O–H groups in total. The molecule has 0 bridgehead atoms. The van der Waals surface area contributed by atoms with Gasteiger partial charge in [0.2, 0.25) is 0 Å². The van der Waals surface area contributed by atoms with E-state index in [1.165, 1.54) is 6.92 Å². The van der Waals surface area contributed by atoms with Crippen LogP contribution in [0.25, 0.3) is 0 Å². The van der Waals surface area contributed by atoms with E-state index in [0.717, 1.165) is 0 Å². The first-order valence-electron chi connectivity index (χ1n) is 6.01. The van der Waals surface area contributed by atoms with Crippen molar-refractivity contribution in [1.82, 2.24) is 0 Å². The molecule has 0 radical (unpaired) electrons. The summed E-state index contributed by atoms with van der Waals surface area (Å²) in [7, 11) is 0. The van der Waals surface area contributed by atoms with Gasteiger partial charge in [-0.05, 0) is 32.6 Å². The maximum absolute atomic E-state index is 12.1. The first-order chi connectivity index (χ1) is 8.22. The molecule has 104 valence electrons. The van der Waals surface area contributed by atoms with E-state index < -0.39 is 23.6 Å². The lowest BCUT2D eigenvalue weighted by Gasteiger charge is -2.42. The summed E-state index contributed by atoms with van der Waals surface area (Å²) in [6.45, 7) is 2.18. The van der Waals surface area contributed by atoms with E-state index >= 15 is 0 Å². The summed E-state index contributed by atoms with van der Waals surface area (Å²) >= 11 is 0. The van der Waals surface area contributed by atoms with Gasteiger partial charge in [-0.15, -0.1) is 0 Å². The van der Waals surface area contributed by atoms with Gasteiger partial charge < -0.3 is 9.84 Å². The molecule has 1 rings (SSSR count). The Morgan fingerprint density at radius 2 is 1.83 bits per heavy atom. The fourth-order valence-corrected chi connectivity index (χ4v) is 2.36.